The van der Waals surface area contributed by atoms with Gasteiger partial charge in [0, 0.05) is 12.8 Å². The van der Waals surface area contributed by atoms with E-state index in [0.717, 1.165) is 0 Å². The van der Waals surface area contributed by atoms with E-state index in [1.165, 1.54) is 0 Å². The van der Waals surface area contributed by atoms with Crippen molar-refractivity contribution in [3.05, 3.63) is 0 Å². The van der Waals surface area contributed by atoms with Crippen LogP contribution in [0.2, 0.25) is 0 Å². The molecule has 0 N–H and O–H groups in total. The van der Waals surface area contributed by atoms with E-state index in [-0.39, 0.29) is 43.4 Å². The number of rotatable bonds is 12. The van der Waals surface area contributed by atoms with Crippen molar-refractivity contribution < 1.29 is 28.7 Å². The molecule has 0 aromatic rings. The summed E-state index contributed by atoms with van der Waals surface area (Å²) in [5.41, 5.74) is -2.62. The Bertz CT molecular complexity index is 755. The zero-order valence-electron chi connectivity index (χ0n) is 22.1. The van der Waals surface area contributed by atoms with E-state index in [1.807, 2.05) is 62.3 Å². The molecule has 188 valence electrons. The molecule has 1 rings (SSSR count). The van der Waals surface area contributed by atoms with E-state index in [1.54, 1.807) is 0 Å². The lowest BCUT2D eigenvalue weighted by molar-refractivity contribution is -0.178. The molecule has 0 amide bonds. The van der Waals surface area contributed by atoms with E-state index in [0.29, 0.717) is 12.8 Å². The van der Waals surface area contributed by atoms with Crippen LogP contribution in [0.3, 0.4) is 0 Å². The minimum absolute atomic E-state index is 0.00477. The first-order valence-corrected chi connectivity index (χ1v) is 12.4. The normalized spacial score (nSPS) is 23.6. The van der Waals surface area contributed by atoms with Gasteiger partial charge < -0.3 is 4.74 Å². The lowest BCUT2D eigenvalue weighted by Crippen LogP contribution is -2.54. The van der Waals surface area contributed by atoms with E-state index >= 15 is 0 Å². The van der Waals surface area contributed by atoms with Crippen molar-refractivity contribution in [3.63, 3.8) is 0 Å². The van der Waals surface area contributed by atoms with Gasteiger partial charge in [0.2, 0.25) is 11.4 Å². The second kappa shape index (κ2) is 11.5. The van der Waals surface area contributed by atoms with Gasteiger partial charge in [-0.3, -0.25) is 24.0 Å². The van der Waals surface area contributed by atoms with Crippen LogP contribution in [-0.2, 0) is 28.7 Å². The van der Waals surface area contributed by atoms with Crippen LogP contribution >= 0.6 is 0 Å². The van der Waals surface area contributed by atoms with Crippen molar-refractivity contribution in [2.75, 3.05) is 0 Å². The summed E-state index contributed by atoms with van der Waals surface area (Å²) >= 11 is 0. The van der Waals surface area contributed by atoms with E-state index in [2.05, 4.69) is 0 Å². The standard InChI is InChI=1S/C27H44O6/c1-16(2)10-12-19-24(31)23(20(28)14-18(5)6)25(32)27(19,21(29)13-11-17(3)4)33-22(30)15-26(7,8)9/h16-19,23H,10-15H2,1-9H3. The van der Waals surface area contributed by atoms with Gasteiger partial charge in [-0.1, -0.05) is 68.7 Å². The Kier molecular flexibility index (Phi) is 10.2. The molecule has 0 aliphatic heterocycles. The molecule has 1 aliphatic carbocycles. The molecule has 1 aliphatic rings. The average Bonchev–Trinajstić information content (AvgIpc) is 2.82. The van der Waals surface area contributed by atoms with Crippen LogP contribution in [-0.4, -0.2) is 34.7 Å². The Hall–Kier alpha value is -1.85. The van der Waals surface area contributed by atoms with Gasteiger partial charge in [0.05, 0.1) is 12.3 Å². The van der Waals surface area contributed by atoms with Crippen LogP contribution in [0.5, 0.6) is 0 Å². The van der Waals surface area contributed by atoms with Gasteiger partial charge in [-0.25, -0.2) is 0 Å². The van der Waals surface area contributed by atoms with Crippen LogP contribution in [0.1, 0.15) is 101 Å². The Morgan fingerprint density at radius 3 is 1.91 bits per heavy atom. The summed E-state index contributed by atoms with van der Waals surface area (Å²) in [5, 5.41) is 0. The van der Waals surface area contributed by atoms with Gasteiger partial charge in [-0.2, -0.15) is 0 Å². The largest absolute Gasteiger partial charge is 0.442 e. The molecule has 0 bridgehead atoms. The zero-order valence-corrected chi connectivity index (χ0v) is 22.1. The first-order chi connectivity index (χ1) is 15.0. The predicted molar refractivity (Wildman–Crippen MR) is 128 cm³/mol. The quantitative estimate of drug-likeness (QED) is 0.293. The van der Waals surface area contributed by atoms with Crippen molar-refractivity contribution in [2.24, 2.45) is 35.0 Å². The summed E-state index contributed by atoms with van der Waals surface area (Å²) in [6.45, 7) is 17.1. The van der Waals surface area contributed by atoms with Gasteiger partial charge in [-0.05, 0) is 36.0 Å². The number of esters is 1. The van der Waals surface area contributed by atoms with Crippen LogP contribution < -0.4 is 0 Å². The second-order valence-electron chi connectivity index (χ2n) is 12.1. The Morgan fingerprint density at radius 1 is 0.909 bits per heavy atom. The monoisotopic (exact) mass is 464 g/mol. The fourth-order valence-electron chi connectivity index (χ4n) is 4.35. The predicted octanol–water partition coefficient (Wildman–Crippen LogP) is 5.15. The molecule has 3 unspecified atom stereocenters. The molecule has 0 radical (unpaired) electrons. The Labute approximate surface area is 199 Å². The highest BCUT2D eigenvalue weighted by Crippen LogP contribution is 2.44. The first-order valence-electron chi connectivity index (χ1n) is 12.4. The highest BCUT2D eigenvalue weighted by molar-refractivity contribution is 6.34. The summed E-state index contributed by atoms with van der Waals surface area (Å²) in [5.74, 6) is -5.40. The van der Waals surface area contributed by atoms with E-state index in [4.69, 9.17) is 4.74 Å². The molecule has 0 aromatic carbocycles. The van der Waals surface area contributed by atoms with Gasteiger partial charge >= 0.3 is 5.97 Å². The highest BCUT2D eigenvalue weighted by Gasteiger charge is 2.67. The molecule has 0 heterocycles. The number of Topliss-reactive ketones (excluding diaryl/α,β-unsaturated/α-hetero) is 4. The SMILES string of the molecule is CC(C)CCC(=O)C1(OC(=O)CC(C)(C)C)C(=O)C(C(=O)CC(C)C)C(=O)C1CCC(C)C. The van der Waals surface area contributed by atoms with Gasteiger partial charge in [-0.15, -0.1) is 0 Å². The van der Waals surface area contributed by atoms with Crippen LogP contribution in [0.25, 0.3) is 0 Å². The molecule has 33 heavy (non-hydrogen) atoms. The first kappa shape index (κ1) is 29.2. The van der Waals surface area contributed by atoms with Crippen molar-refractivity contribution in [1.29, 1.82) is 0 Å². The Morgan fingerprint density at radius 2 is 1.45 bits per heavy atom. The highest BCUT2D eigenvalue weighted by atomic mass is 16.6. The van der Waals surface area contributed by atoms with Crippen LogP contribution in [0.15, 0.2) is 0 Å². The summed E-state index contributed by atoms with van der Waals surface area (Å²) in [4.78, 5) is 66.8. The molecule has 3 atom stereocenters. The third-order valence-electron chi connectivity index (χ3n) is 6.02. The van der Waals surface area contributed by atoms with Gasteiger partial charge in [0.1, 0.15) is 5.92 Å². The fourth-order valence-corrected chi connectivity index (χ4v) is 4.35. The van der Waals surface area contributed by atoms with Gasteiger partial charge in [0.15, 0.2) is 17.3 Å². The molecule has 0 aromatic heterocycles. The lowest BCUT2D eigenvalue weighted by atomic mass is 9.79. The van der Waals surface area contributed by atoms with Crippen molar-refractivity contribution in [3.8, 4) is 0 Å². The maximum absolute atomic E-state index is 13.8. The molecule has 6 heteroatoms. The molecular weight excluding hydrogens is 420 g/mol. The molecule has 0 spiro atoms. The van der Waals surface area contributed by atoms with E-state index < -0.39 is 52.0 Å². The van der Waals surface area contributed by atoms with Crippen molar-refractivity contribution in [1.82, 2.24) is 0 Å². The van der Waals surface area contributed by atoms with Crippen molar-refractivity contribution in [2.45, 2.75) is 106 Å². The second-order valence-corrected chi connectivity index (χ2v) is 12.1. The smallest absolute Gasteiger partial charge is 0.307 e. The summed E-state index contributed by atoms with van der Waals surface area (Å²) in [6, 6.07) is 0. The fraction of sp³-hybridized carbons (Fsp3) is 0.815. The number of hydrogen-bond donors (Lipinski definition) is 0. The molecular formula is C27H44O6. The zero-order chi connectivity index (χ0) is 25.7. The number of hydrogen-bond acceptors (Lipinski definition) is 6. The van der Waals surface area contributed by atoms with E-state index in [9.17, 15) is 24.0 Å². The van der Waals surface area contributed by atoms with Crippen LogP contribution in [0, 0.1) is 35.0 Å². The number of carbonyl (C=O) groups excluding carboxylic acids is 5. The van der Waals surface area contributed by atoms with Crippen molar-refractivity contribution >= 4 is 29.1 Å². The maximum atomic E-state index is 13.8. The van der Waals surface area contributed by atoms with Gasteiger partial charge in [0.25, 0.3) is 0 Å². The number of ketones is 4. The summed E-state index contributed by atoms with van der Waals surface area (Å²) in [7, 11) is 0. The summed E-state index contributed by atoms with van der Waals surface area (Å²) < 4.78 is 5.77. The summed E-state index contributed by atoms with van der Waals surface area (Å²) in [6.07, 6.45) is 1.37. The Balaban J connectivity index is 3.57. The number of carbonyl (C=O) groups is 5. The number of ether oxygens (including phenoxy) is 1. The topological polar surface area (TPSA) is 94.6 Å². The van der Waals surface area contributed by atoms with Crippen LogP contribution in [0.4, 0.5) is 0 Å². The minimum Gasteiger partial charge on any atom is -0.442 e. The average molecular weight is 465 g/mol. The molecule has 0 saturated heterocycles. The molecule has 6 nitrogen and oxygen atoms in total. The molecule has 1 saturated carbocycles. The minimum atomic E-state index is -2.19. The third-order valence-corrected chi connectivity index (χ3v) is 6.02. The molecule has 1 fully saturated rings. The maximum Gasteiger partial charge on any atom is 0.307 e. The lowest BCUT2D eigenvalue weighted by Gasteiger charge is -2.33. The third kappa shape index (κ3) is 7.58.